The second kappa shape index (κ2) is 5.35. The Balaban J connectivity index is 1.81. The number of β-lactam (4-membered cyclic amide) rings is 1. The molecule has 0 radical (unpaired) electrons. The van der Waals surface area contributed by atoms with Gasteiger partial charge in [0.1, 0.15) is 11.1 Å². The number of carbonyl (C=O) groups excluding carboxylic acids is 1. The first kappa shape index (κ1) is 14.4. The van der Waals surface area contributed by atoms with Crippen LogP contribution in [0.5, 0.6) is 0 Å². The van der Waals surface area contributed by atoms with E-state index in [1.807, 2.05) is 0 Å². The van der Waals surface area contributed by atoms with E-state index in [9.17, 15) is 19.8 Å². The van der Waals surface area contributed by atoms with Crippen molar-refractivity contribution in [1.82, 2.24) is 15.1 Å². The van der Waals surface area contributed by atoms with Crippen LogP contribution in [-0.2, 0) is 9.59 Å². The summed E-state index contributed by atoms with van der Waals surface area (Å²) in [6, 6.07) is 0. The molecule has 3 rings (SSSR count). The fourth-order valence-electron chi connectivity index (χ4n) is 2.13. The van der Waals surface area contributed by atoms with Crippen molar-refractivity contribution in [3.8, 4) is 0 Å². The summed E-state index contributed by atoms with van der Waals surface area (Å²) in [7, 11) is 0. The van der Waals surface area contributed by atoms with Crippen molar-refractivity contribution in [2.75, 3.05) is 11.5 Å². The lowest BCUT2D eigenvalue weighted by molar-refractivity contribution is -0.159. The van der Waals surface area contributed by atoms with Crippen LogP contribution in [0.2, 0.25) is 0 Å². The van der Waals surface area contributed by atoms with E-state index in [-0.39, 0.29) is 5.70 Å². The fourth-order valence-corrected chi connectivity index (χ4v) is 4.34. The van der Waals surface area contributed by atoms with Crippen LogP contribution in [0.3, 0.4) is 0 Å². The summed E-state index contributed by atoms with van der Waals surface area (Å²) in [5, 5.41) is 26.2. The van der Waals surface area contributed by atoms with E-state index in [0.717, 1.165) is 4.90 Å². The normalized spacial score (nSPS) is 24.9. The second-order valence-electron chi connectivity index (χ2n) is 4.49. The molecule has 0 unspecified atom stereocenters. The number of hydrogen-bond acceptors (Lipinski definition) is 8. The van der Waals surface area contributed by atoms with Gasteiger partial charge in [0.25, 0.3) is 11.1 Å². The molecule has 21 heavy (non-hydrogen) atoms. The van der Waals surface area contributed by atoms with Gasteiger partial charge in [0, 0.05) is 18.4 Å². The number of carbonyl (C=O) groups is 2. The molecular weight excluding hydrogens is 318 g/mol. The Morgan fingerprint density at radius 1 is 1.57 bits per heavy atom. The van der Waals surface area contributed by atoms with Crippen molar-refractivity contribution < 1.29 is 24.2 Å². The Labute approximate surface area is 127 Å². The summed E-state index contributed by atoms with van der Waals surface area (Å²) in [6.07, 6.45) is -1.11. The molecule has 112 valence electrons. The van der Waals surface area contributed by atoms with Gasteiger partial charge in [-0.05, 0) is 5.57 Å². The first-order valence-electron chi connectivity index (χ1n) is 6.00. The molecule has 1 fully saturated rings. The van der Waals surface area contributed by atoms with Crippen molar-refractivity contribution in [1.29, 1.82) is 0 Å². The average molecular weight is 329 g/mol. The third kappa shape index (κ3) is 2.43. The predicted molar refractivity (Wildman–Crippen MR) is 73.5 cm³/mol. The van der Waals surface area contributed by atoms with E-state index in [1.165, 1.54) is 23.5 Å². The Bertz CT molecular complexity index is 644. The molecule has 1 saturated heterocycles. The highest BCUT2D eigenvalue weighted by Crippen LogP contribution is 2.41. The second-order valence-corrected chi connectivity index (χ2v) is 6.52. The summed E-state index contributed by atoms with van der Waals surface area (Å²) >= 11 is 2.57. The quantitative estimate of drug-likeness (QED) is 0.585. The minimum absolute atomic E-state index is 0.0437. The van der Waals surface area contributed by atoms with Gasteiger partial charge in [-0.2, -0.15) is 0 Å². The van der Waals surface area contributed by atoms with E-state index in [0.29, 0.717) is 28.2 Å². The van der Waals surface area contributed by atoms with Gasteiger partial charge in [0.05, 0.1) is 0 Å². The van der Waals surface area contributed by atoms with Gasteiger partial charge in [0.15, 0.2) is 6.10 Å². The number of thioether (sulfide) groups is 2. The van der Waals surface area contributed by atoms with E-state index in [2.05, 4.69) is 10.2 Å². The van der Waals surface area contributed by atoms with E-state index in [4.69, 9.17) is 4.42 Å². The molecule has 1 aromatic rings. The first-order valence-corrected chi connectivity index (χ1v) is 8.03. The standard InChI is InChI=1S/C11H11N3O5S2/c1-4-12-13-11(19-4)21-3-5-2-20-9-7(15)8(16)14(9)6(5)10(17)18/h7,9,15H,2-3H2,1H3,(H,17,18)/t7-,9-/m1/s1. The summed E-state index contributed by atoms with van der Waals surface area (Å²) < 4.78 is 5.21. The number of aliphatic hydroxyl groups is 1. The number of carboxylic acid groups (broad SMARTS) is 1. The highest BCUT2D eigenvalue weighted by molar-refractivity contribution is 8.01. The number of amides is 1. The minimum atomic E-state index is -1.17. The number of aliphatic carboxylic acids is 1. The van der Waals surface area contributed by atoms with Gasteiger partial charge >= 0.3 is 5.97 Å². The van der Waals surface area contributed by atoms with Crippen molar-refractivity contribution >= 4 is 35.4 Å². The van der Waals surface area contributed by atoms with Crippen LogP contribution in [0.15, 0.2) is 20.9 Å². The van der Waals surface area contributed by atoms with Crippen molar-refractivity contribution in [3.05, 3.63) is 17.2 Å². The number of nitrogens with zero attached hydrogens (tertiary/aromatic N) is 3. The predicted octanol–water partition coefficient (Wildman–Crippen LogP) is 0.0848. The van der Waals surface area contributed by atoms with Crippen LogP contribution in [0.4, 0.5) is 0 Å². The molecule has 0 bridgehead atoms. The topological polar surface area (TPSA) is 117 Å². The number of aryl methyl sites for hydroxylation is 1. The molecular formula is C11H11N3O5S2. The lowest BCUT2D eigenvalue weighted by Gasteiger charge is -2.47. The molecule has 0 spiro atoms. The highest BCUT2D eigenvalue weighted by Gasteiger charge is 2.52. The number of fused-ring (bicyclic) bond motifs is 1. The van der Waals surface area contributed by atoms with Crippen LogP contribution >= 0.6 is 23.5 Å². The van der Waals surface area contributed by atoms with Gasteiger partial charge in [-0.1, -0.05) is 11.8 Å². The van der Waals surface area contributed by atoms with Gasteiger partial charge in [0.2, 0.25) is 5.89 Å². The third-order valence-corrected chi connectivity index (χ3v) is 5.33. The molecule has 0 saturated carbocycles. The van der Waals surface area contributed by atoms with Crippen LogP contribution in [0, 0.1) is 6.92 Å². The molecule has 2 atom stereocenters. The molecule has 0 aliphatic carbocycles. The smallest absolute Gasteiger partial charge is 0.352 e. The third-order valence-electron chi connectivity index (χ3n) is 3.10. The molecule has 10 heteroatoms. The SMILES string of the molecule is Cc1nnc(SCC2=C(C(=O)O)N3C(=O)[C@@H](O)[C@H]3SC2)o1. The Kier molecular flexibility index (Phi) is 3.68. The van der Waals surface area contributed by atoms with Crippen molar-refractivity contribution in [3.63, 3.8) is 0 Å². The van der Waals surface area contributed by atoms with Crippen LogP contribution in [0.1, 0.15) is 5.89 Å². The number of carboxylic acids is 1. The summed E-state index contributed by atoms with van der Waals surface area (Å²) in [5.74, 6) is -0.529. The van der Waals surface area contributed by atoms with Crippen LogP contribution < -0.4 is 0 Å². The van der Waals surface area contributed by atoms with Crippen molar-refractivity contribution in [2.24, 2.45) is 0 Å². The van der Waals surface area contributed by atoms with Crippen LogP contribution in [-0.4, -0.2) is 60.2 Å². The number of rotatable bonds is 4. The summed E-state index contributed by atoms with van der Waals surface area (Å²) in [4.78, 5) is 24.2. The Hall–Kier alpha value is -1.52. The summed E-state index contributed by atoms with van der Waals surface area (Å²) in [6.45, 7) is 1.67. The van der Waals surface area contributed by atoms with Crippen molar-refractivity contribution in [2.45, 2.75) is 23.6 Å². The van der Waals surface area contributed by atoms with E-state index >= 15 is 0 Å². The molecule has 2 aliphatic rings. The minimum Gasteiger partial charge on any atom is -0.477 e. The largest absolute Gasteiger partial charge is 0.477 e. The van der Waals surface area contributed by atoms with E-state index < -0.39 is 23.4 Å². The summed E-state index contributed by atoms with van der Waals surface area (Å²) in [5.41, 5.74) is 0.558. The maximum atomic E-state index is 11.7. The zero-order valence-electron chi connectivity index (χ0n) is 10.8. The molecule has 0 aromatic carbocycles. The van der Waals surface area contributed by atoms with Gasteiger partial charge in [-0.3, -0.25) is 9.69 Å². The van der Waals surface area contributed by atoms with E-state index in [1.54, 1.807) is 6.92 Å². The zero-order chi connectivity index (χ0) is 15.1. The molecule has 8 nitrogen and oxygen atoms in total. The van der Waals surface area contributed by atoms with Gasteiger partial charge in [-0.15, -0.1) is 22.0 Å². The maximum Gasteiger partial charge on any atom is 0.352 e. The number of aromatic nitrogens is 2. The zero-order valence-corrected chi connectivity index (χ0v) is 12.5. The number of aliphatic hydroxyl groups excluding tert-OH is 1. The maximum absolute atomic E-state index is 11.7. The van der Waals surface area contributed by atoms with Gasteiger partial charge < -0.3 is 14.6 Å². The Morgan fingerprint density at radius 2 is 2.33 bits per heavy atom. The van der Waals surface area contributed by atoms with Gasteiger partial charge in [-0.25, -0.2) is 4.79 Å². The monoisotopic (exact) mass is 329 g/mol. The average Bonchev–Trinajstić information content (AvgIpc) is 2.88. The highest BCUT2D eigenvalue weighted by atomic mass is 32.2. The molecule has 1 amide bonds. The molecule has 1 aromatic heterocycles. The lowest BCUT2D eigenvalue weighted by Crippen LogP contribution is -2.64. The first-order chi connectivity index (χ1) is 9.99. The molecule has 2 aliphatic heterocycles. The molecule has 2 N–H and O–H groups in total. The Morgan fingerprint density at radius 3 is 2.95 bits per heavy atom. The fraction of sp³-hybridized carbons (Fsp3) is 0.455. The number of hydrogen-bond donors (Lipinski definition) is 2. The van der Waals surface area contributed by atoms with Crippen LogP contribution in [0.25, 0.3) is 0 Å². The molecule has 3 heterocycles. The lowest BCUT2D eigenvalue weighted by atomic mass is 10.1.